The minimum atomic E-state index is -0.222. The molecular weight excluding hydrogens is 322 g/mol. The van der Waals surface area contributed by atoms with Gasteiger partial charge in [0.25, 0.3) is 11.5 Å². The molecule has 3 aromatic heterocycles. The van der Waals surface area contributed by atoms with Crippen molar-refractivity contribution in [2.24, 2.45) is 0 Å². The Morgan fingerprint density at radius 2 is 2.24 bits per heavy atom. The first kappa shape index (κ1) is 15.1. The summed E-state index contributed by atoms with van der Waals surface area (Å²) in [6.07, 6.45) is 3.72. The standard InChI is InChI=1S/C16H15N7O2/c17-13-6-11(21-22-13)16(25)23-5-3-10-12(8-23)19-14(20-15(10)24)9-2-1-4-18-7-9/h1-2,4,6-7H,3,5,8H2,(H3,17,21,22)(H,19,20,24). The van der Waals surface area contributed by atoms with E-state index < -0.39 is 0 Å². The summed E-state index contributed by atoms with van der Waals surface area (Å²) in [5.41, 5.74) is 7.61. The molecule has 0 saturated heterocycles. The molecule has 1 aliphatic heterocycles. The lowest BCUT2D eigenvalue weighted by atomic mass is 10.1. The van der Waals surface area contributed by atoms with Crippen molar-refractivity contribution in [3.05, 3.63) is 57.9 Å². The number of hydrogen-bond donors (Lipinski definition) is 3. The molecule has 126 valence electrons. The average Bonchev–Trinajstić information content (AvgIpc) is 3.07. The van der Waals surface area contributed by atoms with Crippen molar-refractivity contribution < 1.29 is 4.79 Å². The normalized spacial score (nSPS) is 13.5. The highest BCUT2D eigenvalue weighted by molar-refractivity contribution is 5.93. The zero-order valence-electron chi connectivity index (χ0n) is 13.2. The smallest absolute Gasteiger partial charge is 0.272 e. The molecule has 9 nitrogen and oxygen atoms in total. The van der Waals surface area contributed by atoms with Crippen LogP contribution in [0.3, 0.4) is 0 Å². The van der Waals surface area contributed by atoms with E-state index in [1.54, 1.807) is 23.4 Å². The van der Waals surface area contributed by atoms with Gasteiger partial charge < -0.3 is 15.6 Å². The van der Waals surface area contributed by atoms with E-state index in [0.29, 0.717) is 41.3 Å². The van der Waals surface area contributed by atoms with Crippen LogP contribution in [0.4, 0.5) is 5.82 Å². The van der Waals surface area contributed by atoms with Gasteiger partial charge in [0.2, 0.25) is 0 Å². The Hall–Kier alpha value is -3.49. The molecule has 0 spiro atoms. The van der Waals surface area contributed by atoms with E-state index in [-0.39, 0.29) is 23.8 Å². The summed E-state index contributed by atoms with van der Waals surface area (Å²) >= 11 is 0. The van der Waals surface area contributed by atoms with Gasteiger partial charge in [0.1, 0.15) is 17.3 Å². The quantitative estimate of drug-likeness (QED) is 0.617. The van der Waals surface area contributed by atoms with E-state index >= 15 is 0 Å². The maximum atomic E-state index is 12.5. The number of H-pyrrole nitrogens is 2. The van der Waals surface area contributed by atoms with Crippen molar-refractivity contribution in [3.63, 3.8) is 0 Å². The third kappa shape index (κ3) is 2.75. The Morgan fingerprint density at radius 3 is 2.96 bits per heavy atom. The number of nitrogen functional groups attached to an aromatic ring is 1. The molecule has 0 aromatic carbocycles. The van der Waals surface area contributed by atoms with Gasteiger partial charge in [-0.15, -0.1) is 0 Å². The fourth-order valence-corrected chi connectivity index (χ4v) is 2.87. The molecule has 25 heavy (non-hydrogen) atoms. The molecule has 4 N–H and O–H groups in total. The summed E-state index contributed by atoms with van der Waals surface area (Å²) in [5.74, 6) is 0.478. The van der Waals surface area contributed by atoms with Crippen LogP contribution in [0.1, 0.15) is 21.7 Å². The number of nitrogens with one attached hydrogen (secondary N) is 2. The Labute approximate surface area is 141 Å². The Balaban J connectivity index is 1.67. The molecule has 9 heteroatoms. The second-order valence-corrected chi connectivity index (χ2v) is 5.76. The molecule has 1 amide bonds. The number of nitrogens with zero attached hydrogens (tertiary/aromatic N) is 4. The zero-order valence-corrected chi connectivity index (χ0v) is 13.2. The van der Waals surface area contributed by atoms with Gasteiger partial charge in [0.15, 0.2) is 0 Å². The highest BCUT2D eigenvalue weighted by Gasteiger charge is 2.26. The van der Waals surface area contributed by atoms with Crippen LogP contribution >= 0.6 is 0 Å². The number of carbonyl (C=O) groups is 1. The predicted molar refractivity (Wildman–Crippen MR) is 89.5 cm³/mol. The topological polar surface area (TPSA) is 134 Å². The highest BCUT2D eigenvalue weighted by atomic mass is 16.2. The van der Waals surface area contributed by atoms with Gasteiger partial charge in [-0.05, 0) is 18.6 Å². The number of anilines is 1. The first-order valence-electron chi connectivity index (χ1n) is 7.74. The summed E-state index contributed by atoms with van der Waals surface area (Å²) in [5, 5.41) is 6.38. The van der Waals surface area contributed by atoms with E-state index in [1.807, 2.05) is 6.07 Å². The fraction of sp³-hybridized carbons (Fsp3) is 0.188. The number of rotatable bonds is 2. The summed E-state index contributed by atoms with van der Waals surface area (Å²) in [7, 11) is 0. The van der Waals surface area contributed by atoms with Crippen LogP contribution in [-0.2, 0) is 13.0 Å². The summed E-state index contributed by atoms with van der Waals surface area (Å²) in [6, 6.07) is 5.08. The summed E-state index contributed by atoms with van der Waals surface area (Å²) in [6.45, 7) is 0.687. The van der Waals surface area contributed by atoms with Crippen molar-refractivity contribution in [1.29, 1.82) is 0 Å². The third-order valence-corrected chi connectivity index (χ3v) is 4.12. The number of amides is 1. The van der Waals surface area contributed by atoms with Crippen LogP contribution in [0.15, 0.2) is 35.4 Å². The Kier molecular flexibility index (Phi) is 3.53. The van der Waals surface area contributed by atoms with Crippen molar-refractivity contribution >= 4 is 11.7 Å². The van der Waals surface area contributed by atoms with E-state index in [1.165, 1.54) is 6.07 Å². The Morgan fingerprint density at radius 1 is 1.36 bits per heavy atom. The van der Waals surface area contributed by atoms with Crippen LogP contribution < -0.4 is 11.3 Å². The lowest BCUT2D eigenvalue weighted by molar-refractivity contribution is 0.0725. The molecule has 0 saturated carbocycles. The van der Waals surface area contributed by atoms with Crippen LogP contribution in [0.2, 0.25) is 0 Å². The number of hydrogen-bond acceptors (Lipinski definition) is 6. The molecule has 4 rings (SSSR count). The minimum Gasteiger partial charge on any atom is -0.382 e. The number of carbonyl (C=O) groups excluding carboxylic acids is 1. The largest absolute Gasteiger partial charge is 0.382 e. The van der Waals surface area contributed by atoms with Crippen LogP contribution in [0, 0.1) is 0 Å². The van der Waals surface area contributed by atoms with E-state index in [0.717, 1.165) is 0 Å². The number of fused-ring (bicyclic) bond motifs is 1. The zero-order chi connectivity index (χ0) is 17.4. The van der Waals surface area contributed by atoms with Gasteiger partial charge in [0, 0.05) is 36.1 Å². The predicted octanol–water partition coefficient (Wildman–Crippen LogP) is 0.336. The number of aromatic nitrogens is 5. The van der Waals surface area contributed by atoms with Crippen LogP contribution in [0.5, 0.6) is 0 Å². The Bertz CT molecular complexity index is 993. The molecule has 0 aliphatic carbocycles. The van der Waals surface area contributed by atoms with Gasteiger partial charge in [0.05, 0.1) is 12.2 Å². The molecule has 0 atom stereocenters. The lowest BCUT2D eigenvalue weighted by Gasteiger charge is -2.27. The molecular formula is C16H15N7O2. The molecule has 0 unspecified atom stereocenters. The summed E-state index contributed by atoms with van der Waals surface area (Å²) < 4.78 is 0. The summed E-state index contributed by atoms with van der Waals surface area (Å²) in [4.78, 5) is 37.9. The SMILES string of the molecule is Nc1cc(C(=O)N2CCc3c(nc(-c4cccnc4)[nH]c3=O)C2)[nH]n1. The van der Waals surface area contributed by atoms with Crippen LogP contribution in [-0.4, -0.2) is 42.5 Å². The average molecular weight is 337 g/mol. The van der Waals surface area contributed by atoms with Crippen LogP contribution in [0.25, 0.3) is 11.4 Å². The highest BCUT2D eigenvalue weighted by Crippen LogP contribution is 2.19. The monoisotopic (exact) mass is 337 g/mol. The molecule has 0 fully saturated rings. The van der Waals surface area contributed by atoms with Crippen molar-refractivity contribution in [2.45, 2.75) is 13.0 Å². The van der Waals surface area contributed by atoms with Gasteiger partial charge in [-0.25, -0.2) is 4.98 Å². The van der Waals surface area contributed by atoms with Gasteiger partial charge >= 0.3 is 0 Å². The fourth-order valence-electron chi connectivity index (χ4n) is 2.87. The first-order chi connectivity index (χ1) is 12.1. The second-order valence-electron chi connectivity index (χ2n) is 5.76. The molecule has 0 bridgehead atoms. The number of nitrogens with two attached hydrogens (primary N) is 1. The van der Waals surface area contributed by atoms with E-state index in [2.05, 4.69) is 25.1 Å². The maximum Gasteiger partial charge on any atom is 0.272 e. The van der Waals surface area contributed by atoms with Crippen molar-refractivity contribution in [1.82, 2.24) is 30.0 Å². The van der Waals surface area contributed by atoms with Crippen molar-refractivity contribution in [2.75, 3.05) is 12.3 Å². The first-order valence-corrected chi connectivity index (χ1v) is 7.74. The minimum absolute atomic E-state index is 0.179. The van der Waals surface area contributed by atoms with Gasteiger partial charge in [-0.2, -0.15) is 5.10 Å². The lowest BCUT2D eigenvalue weighted by Crippen LogP contribution is -2.39. The molecule has 0 radical (unpaired) electrons. The number of pyridine rings is 1. The molecule has 4 heterocycles. The number of aromatic amines is 2. The van der Waals surface area contributed by atoms with E-state index in [9.17, 15) is 9.59 Å². The third-order valence-electron chi connectivity index (χ3n) is 4.12. The molecule has 3 aromatic rings. The van der Waals surface area contributed by atoms with Crippen molar-refractivity contribution in [3.8, 4) is 11.4 Å². The van der Waals surface area contributed by atoms with Gasteiger partial charge in [-0.1, -0.05) is 0 Å². The van der Waals surface area contributed by atoms with Gasteiger partial charge in [-0.3, -0.25) is 19.7 Å². The second kappa shape index (κ2) is 5.86. The maximum absolute atomic E-state index is 12.5. The van der Waals surface area contributed by atoms with E-state index in [4.69, 9.17) is 5.73 Å². The molecule has 1 aliphatic rings.